The monoisotopic (exact) mass is 279 g/mol. The van der Waals surface area contributed by atoms with E-state index in [2.05, 4.69) is 14.5 Å². The predicted octanol–water partition coefficient (Wildman–Crippen LogP) is 2.01. The van der Waals surface area contributed by atoms with Crippen LogP contribution in [0.3, 0.4) is 0 Å². The first-order valence-corrected chi connectivity index (χ1v) is 7.34. The minimum Gasteiger partial charge on any atom is -0.481 e. The third kappa shape index (κ3) is 3.20. The Kier molecular flexibility index (Phi) is 4.48. The van der Waals surface area contributed by atoms with Crippen molar-refractivity contribution in [1.82, 2.24) is 14.5 Å². The molecule has 1 saturated heterocycles. The Morgan fingerprint density at radius 1 is 1.50 bits per heavy atom. The van der Waals surface area contributed by atoms with Crippen LogP contribution >= 0.6 is 0 Å². The summed E-state index contributed by atoms with van der Waals surface area (Å²) in [5.74, 6) is 0.580. The molecule has 20 heavy (non-hydrogen) atoms. The number of rotatable bonds is 5. The Morgan fingerprint density at radius 3 is 2.85 bits per heavy atom. The molecule has 0 spiro atoms. The average molecular weight is 279 g/mol. The molecule has 0 amide bonds. The molecule has 112 valence electrons. The maximum atomic E-state index is 11.4. The molecule has 1 atom stereocenters. The molecular formula is C15H25N3O2. The highest BCUT2D eigenvalue weighted by molar-refractivity contribution is 5.74. The Hall–Kier alpha value is -1.36. The lowest BCUT2D eigenvalue weighted by Gasteiger charge is -2.39. The number of piperidine rings is 1. The van der Waals surface area contributed by atoms with E-state index in [1.54, 1.807) is 0 Å². The van der Waals surface area contributed by atoms with Crippen LogP contribution in [0.5, 0.6) is 0 Å². The first-order valence-electron chi connectivity index (χ1n) is 7.34. The molecule has 1 N–H and O–H groups in total. The Balaban J connectivity index is 1.91. The van der Waals surface area contributed by atoms with Gasteiger partial charge in [-0.3, -0.25) is 4.79 Å². The van der Waals surface area contributed by atoms with Gasteiger partial charge in [0.05, 0.1) is 5.41 Å². The topological polar surface area (TPSA) is 58.4 Å². The van der Waals surface area contributed by atoms with Gasteiger partial charge in [-0.1, -0.05) is 0 Å². The molecular weight excluding hydrogens is 254 g/mol. The van der Waals surface area contributed by atoms with Crippen LogP contribution in [0.1, 0.15) is 32.5 Å². The third-order valence-electron chi connectivity index (χ3n) is 4.66. The number of aromatic nitrogens is 2. The summed E-state index contributed by atoms with van der Waals surface area (Å²) < 4.78 is 2.14. The van der Waals surface area contributed by atoms with E-state index in [0.29, 0.717) is 0 Å². The van der Waals surface area contributed by atoms with Crippen molar-refractivity contribution in [2.45, 2.75) is 40.2 Å². The van der Waals surface area contributed by atoms with Crippen molar-refractivity contribution in [1.29, 1.82) is 0 Å². The normalized spacial score (nSPS) is 21.1. The van der Waals surface area contributed by atoms with Crippen LogP contribution in [-0.4, -0.2) is 45.2 Å². The highest BCUT2D eigenvalue weighted by atomic mass is 16.4. The van der Waals surface area contributed by atoms with Crippen molar-refractivity contribution < 1.29 is 9.90 Å². The zero-order chi connectivity index (χ0) is 14.8. The molecule has 1 aliphatic heterocycles. The second-order valence-electron chi connectivity index (χ2n) is 6.33. The minimum atomic E-state index is -0.685. The zero-order valence-corrected chi connectivity index (χ0v) is 12.7. The summed E-state index contributed by atoms with van der Waals surface area (Å²) >= 11 is 0. The summed E-state index contributed by atoms with van der Waals surface area (Å²) in [6.07, 6.45) is 5.92. The summed E-state index contributed by atoms with van der Waals surface area (Å²) in [5, 5.41) is 9.37. The van der Waals surface area contributed by atoms with E-state index in [1.165, 1.54) is 0 Å². The van der Waals surface area contributed by atoms with E-state index in [-0.39, 0.29) is 5.92 Å². The van der Waals surface area contributed by atoms with Gasteiger partial charge in [0.15, 0.2) is 0 Å². The molecule has 1 aromatic rings. The SMILES string of the molecule is Cc1nccn1CCN1CCCC(C(C)(C)C(=O)O)C1. The average Bonchev–Trinajstić information content (AvgIpc) is 2.82. The molecule has 0 saturated carbocycles. The van der Waals surface area contributed by atoms with E-state index in [1.807, 2.05) is 33.2 Å². The van der Waals surface area contributed by atoms with Crippen molar-refractivity contribution in [3.05, 3.63) is 18.2 Å². The molecule has 1 aliphatic rings. The van der Waals surface area contributed by atoms with Crippen LogP contribution < -0.4 is 0 Å². The quantitative estimate of drug-likeness (QED) is 0.896. The lowest BCUT2D eigenvalue weighted by atomic mass is 9.74. The molecule has 1 aromatic heterocycles. The molecule has 0 aliphatic carbocycles. The number of imidazole rings is 1. The number of hydrogen-bond donors (Lipinski definition) is 1. The number of carboxylic acid groups (broad SMARTS) is 1. The standard InChI is InChI=1S/C15H25N3O2/c1-12-16-6-8-18(12)10-9-17-7-4-5-13(11-17)15(2,3)14(19)20/h6,8,13H,4-5,7,9-11H2,1-3H3,(H,19,20). The summed E-state index contributed by atoms with van der Waals surface area (Å²) in [7, 11) is 0. The van der Waals surface area contributed by atoms with Gasteiger partial charge in [-0.05, 0) is 46.1 Å². The highest BCUT2D eigenvalue weighted by Gasteiger charge is 2.38. The first-order chi connectivity index (χ1) is 9.41. The van der Waals surface area contributed by atoms with Gasteiger partial charge >= 0.3 is 5.97 Å². The van der Waals surface area contributed by atoms with Gasteiger partial charge in [-0.2, -0.15) is 0 Å². The third-order valence-corrected chi connectivity index (χ3v) is 4.66. The summed E-state index contributed by atoms with van der Waals surface area (Å²) in [5.41, 5.74) is -0.635. The van der Waals surface area contributed by atoms with Crippen LogP contribution in [0.15, 0.2) is 12.4 Å². The van der Waals surface area contributed by atoms with E-state index in [4.69, 9.17) is 0 Å². The lowest BCUT2D eigenvalue weighted by molar-refractivity contribution is -0.151. The Morgan fingerprint density at radius 2 is 2.25 bits per heavy atom. The smallest absolute Gasteiger partial charge is 0.309 e. The fourth-order valence-electron chi connectivity index (χ4n) is 2.91. The van der Waals surface area contributed by atoms with Crippen LogP contribution in [0.2, 0.25) is 0 Å². The van der Waals surface area contributed by atoms with Crippen molar-refractivity contribution in [3.63, 3.8) is 0 Å². The fourth-order valence-corrected chi connectivity index (χ4v) is 2.91. The number of carbonyl (C=O) groups is 1. The number of likely N-dealkylation sites (tertiary alicyclic amines) is 1. The predicted molar refractivity (Wildman–Crippen MR) is 77.5 cm³/mol. The van der Waals surface area contributed by atoms with E-state index >= 15 is 0 Å². The Bertz CT molecular complexity index is 467. The van der Waals surface area contributed by atoms with Gasteiger partial charge in [0.25, 0.3) is 0 Å². The Labute approximate surface area is 120 Å². The lowest BCUT2D eigenvalue weighted by Crippen LogP contribution is -2.45. The molecule has 0 bridgehead atoms. The largest absolute Gasteiger partial charge is 0.481 e. The van der Waals surface area contributed by atoms with E-state index < -0.39 is 11.4 Å². The van der Waals surface area contributed by atoms with Crippen LogP contribution in [0.25, 0.3) is 0 Å². The summed E-state index contributed by atoms with van der Waals surface area (Å²) in [6.45, 7) is 9.54. The zero-order valence-electron chi connectivity index (χ0n) is 12.7. The van der Waals surface area contributed by atoms with Gasteiger partial charge in [-0.25, -0.2) is 4.98 Å². The second kappa shape index (κ2) is 5.95. The molecule has 2 heterocycles. The van der Waals surface area contributed by atoms with Gasteiger partial charge in [0, 0.05) is 32.0 Å². The van der Waals surface area contributed by atoms with Crippen LogP contribution in [0, 0.1) is 18.3 Å². The van der Waals surface area contributed by atoms with Crippen molar-refractivity contribution in [3.8, 4) is 0 Å². The fraction of sp³-hybridized carbons (Fsp3) is 0.733. The number of carboxylic acids is 1. The molecule has 0 radical (unpaired) electrons. The van der Waals surface area contributed by atoms with Crippen LogP contribution in [0.4, 0.5) is 0 Å². The number of hydrogen-bond acceptors (Lipinski definition) is 3. The van der Waals surface area contributed by atoms with Gasteiger partial charge < -0.3 is 14.6 Å². The second-order valence-corrected chi connectivity index (χ2v) is 6.33. The van der Waals surface area contributed by atoms with Crippen molar-refractivity contribution >= 4 is 5.97 Å². The first kappa shape index (κ1) is 15.0. The van der Waals surface area contributed by atoms with Gasteiger partial charge in [0.2, 0.25) is 0 Å². The molecule has 5 heteroatoms. The maximum absolute atomic E-state index is 11.4. The highest BCUT2D eigenvalue weighted by Crippen LogP contribution is 2.34. The van der Waals surface area contributed by atoms with Gasteiger partial charge in [-0.15, -0.1) is 0 Å². The van der Waals surface area contributed by atoms with E-state index in [9.17, 15) is 9.90 Å². The van der Waals surface area contributed by atoms with Crippen molar-refractivity contribution in [2.24, 2.45) is 11.3 Å². The van der Waals surface area contributed by atoms with Gasteiger partial charge in [0.1, 0.15) is 5.82 Å². The number of nitrogens with zero attached hydrogens (tertiary/aromatic N) is 3. The molecule has 1 fully saturated rings. The molecule has 5 nitrogen and oxygen atoms in total. The van der Waals surface area contributed by atoms with Crippen LogP contribution in [-0.2, 0) is 11.3 Å². The maximum Gasteiger partial charge on any atom is 0.309 e. The summed E-state index contributed by atoms with van der Waals surface area (Å²) in [4.78, 5) is 18.0. The molecule has 1 unspecified atom stereocenters. The molecule has 0 aromatic carbocycles. The number of aliphatic carboxylic acids is 1. The van der Waals surface area contributed by atoms with E-state index in [0.717, 1.165) is 44.8 Å². The summed E-state index contributed by atoms with van der Waals surface area (Å²) in [6, 6.07) is 0. The van der Waals surface area contributed by atoms with Crippen molar-refractivity contribution in [2.75, 3.05) is 19.6 Å². The molecule has 2 rings (SSSR count). The minimum absolute atomic E-state index is 0.234. The number of aryl methyl sites for hydroxylation is 1.